The number of unbranched alkanes of at least 4 members (excludes halogenated alkanes) is 3. The van der Waals surface area contributed by atoms with Crippen LogP contribution in [0.4, 0.5) is 0 Å². The SMILES string of the molecule is CCCCCC[C@H](/C=C/CO)OCOC. The molecule has 0 aromatic rings. The second-order valence-electron chi connectivity index (χ2n) is 3.57. The molecular weight excluding hydrogens is 192 g/mol. The fourth-order valence-electron chi connectivity index (χ4n) is 1.38. The van der Waals surface area contributed by atoms with Gasteiger partial charge in [-0.3, -0.25) is 0 Å². The highest BCUT2D eigenvalue weighted by molar-refractivity contribution is 4.89. The topological polar surface area (TPSA) is 38.7 Å². The molecule has 0 rings (SSSR count). The van der Waals surface area contributed by atoms with E-state index in [0.29, 0.717) is 6.79 Å². The summed E-state index contributed by atoms with van der Waals surface area (Å²) >= 11 is 0. The first-order valence-electron chi connectivity index (χ1n) is 5.73. The van der Waals surface area contributed by atoms with E-state index in [1.165, 1.54) is 19.3 Å². The molecule has 0 aromatic heterocycles. The van der Waals surface area contributed by atoms with Crippen molar-refractivity contribution in [3.8, 4) is 0 Å². The first-order valence-corrected chi connectivity index (χ1v) is 5.73. The van der Waals surface area contributed by atoms with Gasteiger partial charge in [0, 0.05) is 7.11 Å². The van der Waals surface area contributed by atoms with Crippen molar-refractivity contribution in [1.82, 2.24) is 0 Å². The van der Waals surface area contributed by atoms with E-state index in [0.717, 1.165) is 12.8 Å². The van der Waals surface area contributed by atoms with Gasteiger partial charge in [0.15, 0.2) is 0 Å². The van der Waals surface area contributed by atoms with Gasteiger partial charge in [-0.05, 0) is 6.42 Å². The molecule has 0 heterocycles. The maximum absolute atomic E-state index is 8.68. The summed E-state index contributed by atoms with van der Waals surface area (Å²) in [5.41, 5.74) is 0. The number of aliphatic hydroxyl groups excluding tert-OH is 1. The van der Waals surface area contributed by atoms with Crippen LogP contribution >= 0.6 is 0 Å². The van der Waals surface area contributed by atoms with Crippen molar-refractivity contribution in [2.24, 2.45) is 0 Å². The Hall–Kier alpha value is -0.380. The molecule has 0 radical (unpaired) electrons. The van der Waals surface area contributed by atoms with Crippen LogP contribution in [-0.4, -0.2) is 31.7 Å². The minimum absolute atomic E-state index is 0.0712. The zero-order chi connectivity index (χ0) is 11.4. The zero-order valence-corrected chi connectivity index (χ0v) is 9.95. The molecule has 0 saturated heterocycles. The van der Waals surface area contributed by atoms with Gasteiger partial charge in [0.05, 0.1) is 12.7 Å². The molecule has 0 spiro atoms. The third-order valence-corrected chi connectivity index (χ3v) is 2.20. The van der Waals surface area contributed by atoms with Gasteiger partial charge in [-0.1, -0.05) is 44.8 Å². The highest BCUT2D eigenvalue weighted by Gasteiger charge is 2.03. The average Bonchev–Trinajstić information content (AvgIpc) is 2.27. The quantitative estimate of drug-likeness (QED) is 0.346. The van der Waals surface area contributed by atoms with E-state index in [1.54, 1.807) is 13.2 Å². The molecule has 0 aliphatic rings. The fourth-order valence-corrected chi connectivity index (χ4v) is 1.38. The summed E-state index contributed by atoms with van der Waals surface area (Å²) in [6, 6.07) is 0. The molecule has 0 fully saturated rings. The summed E-state index contributed by atoms with van der Waals surface area (Å²) in [5, 5.41) is 8.68. The Morgan fingerprint density at radius 2 is 2.07 bits per heavy atom. The smallest absolute Gasteiger partial charge is 0.147 e. The van der Waals surface area contributed by atoms with Gasteiger partial charge in [0.1, 0.15) is 6.79 Å². The molecule has 1 N–H and O–H groups in total. The minimum atomic E-state index is 0.0712. The third kappa shape index (κ3) is 9.91. The van der Waals surface area contributed by atoms with Crippen molar-refractivity contribution in [2.45, 2.75) is 45.1 Å². The minimum Gasteiger partial charge on any atom is -0.392 e. The van der Waals surface area contributed by atoms with Crippen LogP contribution < -0.4 is 0 Å². The summed E-state index contributed by atoms with van der Waals surface area (Å²) in [5.74, 6) is 0. The van der Waals surface area contributed by atoms with Crippen LogP contribution in [0.5, 0.6) is 0 Å². The van der Waals surface area contributed by atoms with Crippen LogP contribution in [0.2, 0.25) is 0 Å². The lowest BCUT2D eigenvalue weighted by atomic mass is 10.1. The Morgan fingerprint density at radius 3 is 2.67 bits per heavy atom. The van der Waals surface area contributed by atoms with Crippen molar-refractivity contribution < 1.29 is 14.6 Å². The first kappa shape index (κ1) is 14.6. The first-order chi connectivity index (χ1) is 7.35. The van der Waals surface area contributed by atoms with Gasteiger partial charge < -0.3 is 14.6 Å². The van der Waals surface area contributed by atoms with E-state index in [4.69, 9.17) is 14.6 Å². The number of methoxy groups -OCH3 is 1. The van der Waals surface area contributed by atoms with Crippen molar-refractivity contribution in [3.63, 3.8) is 0 Å². The Morgan fingerprint density at radius 1 is 1.27 bits per heavy atom. The van der Waals surface area contributed by atoms with Crippen molar-refractivity contribution in [3.05, 3.63) is 12.2 Å². The lowest BCUT2D eigenvalue weighted by Crippen LogP contribution is -2.12. The number of rotatable bonds is 10. The van der Waals surface area contributed by atoms with E-state index in [9.17, 15) is 0 Å². The highest BCUT2D eigenvalue weighted by atomic mass is 16.7. The van der Waals surface area contributed by atoms with Crippen molar-refractivity contribution >= 4 is 0 Å². The number of hydrogen-bond donors (Lipinski definition) is 1. The van der Waals surface area contributed by atoms with E-state index < -0.39 is 0 Å². The summed E-state index contributed by atoms with van der Waals surface area (Å²) in [6.45, 7) is 2.58. The van der Waals surface area contributed by atoms with Gasteiger partial charge in [-0.25, -0.2) is 0 Å². The molecular formula is C12H24O3. The van der Waals surface area contributed by atoms with Crippen LogP contribution in [-0.2, 0) is 9.47 Å². The second-order valence-corrected chi connectivity index (χ2v) is 3.57. The van der Waals surface area contributed by atoms with Crippen molar-refractivity contribution in [2.75, 3.05) is 20.5 Å². The largest absolute Gasteiger partial charge is 0.392 e. The Balaban J connectivity index is 3.64. The maximum Gasteiger partial charge on any atom is 0.147 e. The molecule has 90 valence electrons. The lowest BCUT2D eigenvalue weighted by Gasteiger charge is -2.13. The van der Waals surface area contributed by atoms with Gasteiger partial charge in [0.2, 0.25) is 0 Å². The molecule has 0 saturated carbocycles. The van der Waals surface area contributed by atoms with E-state index in [2.05, 4.69) is 6.92 Å². The summed E-state index contributed by atoms with van der Waals surface area (Å²) in [7, 11) is 1.61. The van der Waals surface area contributed by atoms with Gasteiger partial charge in [0.25, 0.3) is 0 Å². The van der Waals surface area contributed by atoms with Gasteiger partial charge in [-0.2, -0.15) is 0 Å². The Labute approximate surface area is 93.1 Å². The molecule has 3 nitrogen and oxygen atoms in total. The molecule has 0 aromatic carbocycles. The summed E-state index contributed by atoms with van der Waals surface area (Å²) < 4.78 is 10.3. The molecule has 0 amide bonds. The maximum atomic E-state index is 8.68. The molecule has 0 unspecified atom stereocenters. The van der Waals surface area contributed by atoms with Crippen LogP contribution in [0.3, 0.4) is 0 Å². The predicted octanol–water partition coefficient (Wildman–Crippen LogP) is 2.49. The number of ether oxygens (including phenoxy) is 2. The average molecular weight is 216 g/mol. The molecule has 0 aliphatic carbocycles. The molecule has 1 atom stereocenters. The summed E-state index contributed by atoms with van der Waals surface area (Å²) in [6.07, 6.45) is 9.64. The highest BCUT2D eigenvalue weighted by Crippen LogP contribution is 2.09. The standard InChI is InChI=1S/C12H24O3/c1-3-4-5-6-8-12(9-7-10-13)15-11-14-2/h7,9,12-13H,3-6,8,10-11H2,1-2H3/b9-7+/t12-/m1/s1. The zero-order valence-electron chi connectivity index (χ0n) is 9.95. The van der Waals surface area contributed by atoms with Gasteiger partial charge >= 0.3 is 0 Å². The van der Waals surface area contributed by atoms with Crippen LogP contribution in [0.15, 0.2) is 12.2 Å². The van der Waals surface area contributed by atoms with Crippen LogP contribution in [0, 0.1) is 0 Å². The lowest BCUT2D eigenvalue weighted by molar-refractivity contribution is -0.0581. The number of hydrogen-bond acceptors (Lipinski definition) is 3. The fraction of sp³-hybridized carbons (Fsp3) is 0.833. The Kier molecular flexibility index (Phi) is 11.4. The molecule has 3 heteroatoms. The van der Waals surface area contributed by atoms with E-state index >= 15 is 0 Å². The predicted molar refractivity (Wildman–Crippen MR) is 61.7 cm³/mol. The van der Waals surface area contributed by atoms with Crippen molar-refractivity contribution in [1.29, 1.82) is 0 Å². The second kappa shape index (κ2) is 11.7. The molecule has 0 bridgehead atoms. The molecule has 15 heavy (non-hydrogen) atoms. The van der Waals surface area contributed by atoms with Crippen LogP contribution in [0.1, 0.15) is 39.0 Å². The van der Waals surface area contributed by atoms with Crippen LogP contribution in [0.25, 0.3) is 0 Å². The number of aliphatic hydroxyl groups is 1. The summed E-state index contributed by atoms with van der Waals surface area (Å²) in [4.78, 5) is 0. The van der Waals surface area contributed by atoms with E-state index in [-0.39, 0.29) is 12.7 Å². The molecule has 0 aliphatic heterocycles. The Bertz CT molecular complexity index is 146. The normalized spacial score (nSPS) is 13.5. The van der Waals surface area contributed by atoms with Gasteiger partial charge in [-0.15, -0.1) is 0 Å². The monoisotopic (exact) mass is 216 g/mol. The third-order valence-electron chi connectivity index (χ3n) is 2.20. The van der Waals surface area contributed by atoms with E-state index in [1.807, 2.05) is 6.08 Å².